The molecule has 0 spiro atoms. The fraction of sp³-hybridized carbons (Fsp3) is 0.458. The fourth-order valence-electron chi connectivity index (χ4n) is 4.15. The minimum Gasteiger partial charge on any atom is -0.467 e. The molecule has 0 radical (unpaired) electrons. The molecule has 33 heavy (non-hydrogen) atoms. The molecule has 1 aromatic carbocycles. The van der Waals surface area contributed by atoms with Gasteiger partial charge in [0.1, 0.15) is 5.82 Å². The van der Waals surface area contributed by atoms with E-state index >= 15 is 0 Å². The zero-order chi connectivity index (χ0) is 23.8. The van der Waals surface area contributed by atoms with Crippen LogP contribution in [0.15, 0.2) is 30.7 Å². The molecule has 0 bridgehead atoms. The lowest BCUT2D eigenvalue weighted by Gasteiger charge is -2.38. The van der Waals surface area contributed by atoms with Crippen molar-refractivity contribution in [1.82, 2.24) is 25.3 Å². The van der Waals surface area contributed by atoms with Gasteiger partial charge in [-0.25, -0.2) is 15.0 Å². The topological polar surface area (TPSA) is 105 Å². The Bertz CT molecular complexity index is 1150. The smallest absolute Gasteiger partial charge is 0.316 e. The number of carbonyl (C=O) groups is 1. The van der Waals surface area contributed by atoms with E-state index in [1.165, 1.54) is 7.11 Å². The quantitative estimate of drug-likeness (QED) is 0.626. The summed E-state index contributed by atoms with van der Waals surface area (Å²) in [5, 5.41) is 7.25. The van der Waals surface area contributed by atoms with Gasteiger partial charge in [0.25, 0.3) is 5.91 Å². The number of carbonyl (C=O) groups excluding carboxylic acids is 1. The van der Waals surface area contributed by atoms with E-state index in [0.29, 0.717) is 34.7 Å². The molecular formula is C24H31N7O2. The number of ether oxygens (including phenoxy) is 1. The third-order valence-electron chi connectivity index (χ3n) is 5.61. The first-order valence-corrected chi connectivity index (χ1v) is 11.1. The second-order valence-corrected chi connectivity index (χ2v) is 9.62. The van der Waals surface area contributed by atoms with Gasteiger partial charge in [0, 0.05) is 47.9 Å². The van der Waals surface area contributed by atoms with Crippen molar-refractivity contribution in [2.75, 3.05) is 30.4 Å². The highest BCUT2D eigenvalue weighted by molar-refractivity contribution is 6.13. The van der Waals surface area contributed by atoms with Crippen LogP contribution in [0.3, 0.4) is 0 Å². The van der Waals surface area contributed by atoms with Crippen molar-refractivity contribution in [1.29, 1.82) is 0 Å². The van der Waals surface area contributed by atoms with Gasteiger partial charge in [-0.15, -0.1) is 0 Å². The van der Waals surface area contributed by atoms with Crippen molar-refractivity contribution < 1.29 is 9.53 Å². The second-order valence-electron chi connectivity index (χ2n) is 9.62. The lowest BCUT2D eigenvalue weighted by molar-refractivity contribution is 0.102. The molecular weight excluding hydrogens is 418 g/mol. The SMILES string of the molecule is COc1ncc2c(N3C[C@@H](C)N[C@@H](C)C3)ccc(C(=O)Nc3cnc(C(C)(C)C)nc3)c2n1. The van der Waals surface area contributed by atoms with Gasteiger partial charge < -0.3 is 20.3 Å². The van der Waals surface area contributed by atoms with E-state index in [0.717, 1.165) is 24.2 Å². The first kappa shape index (κ1) is 22.8. The van der Waals surface area contributed by atoms with Crippen LogP contribution in [-0.2, 0) is 5.41 Å². The molecule has 1 saturated heterocycles. The van der Waals surface area contributed by atoms with E-state index in [9.17, 15) is 4.79 Å². The van der Waals surface area contributed by atoms with Gasteiger partial charge in [-0.3, -0.25) is 4.79 Å². The molecule has 1 aliphatic heterocycles. The molecule has 0 unspecified atom stereocenters. The van der Waals surface area contributed by atoms with Crippen LogP contribution >= 0.6 is 0 Å². The summed E-state index contributed by atoms with van der Waals surface area (Å²) in [5.41, 5.74) is 2.34. The van der Waals surface area contributed by atoms with Crippen molar-refractivity contribution in [3.63, 3.8) is 0 Å². The molecule has 0 saturated carbocycles. The summed E-state index contributed by atoms with van der Waals surface area (Å²) in [4.78, 5) is 33.1. The first-order valence-electron chi connectivity index (χ1n) is 11.1. The van der Waals surface area contributed by atoms with Crippen LogP contribution in [0.5, 0.6) is 6.01 Å². The predicted octanol–water partition coefficient (Wildman–Crippen LogP) is 3.16. The molecule has 1 amide bonds. The highest BCUT2D eigenvalue weighted by Crippen LogP contribution is 2.31. The number of anilines is 2. The van der Waals surface area contributed by atoms with E-state index in [1.54, 1.807) is 24.7 Å². The van der Waals surface area contributed by atoms with Crippen LogP contribution in [-0.4, -0.2) is 58.1 Å². The van der Waals surface area contributed by atoms with Gasteiger partial charge in [-0.2, -0.15) is 4.98 Å². The van der Waals surface area contributed by atoms with Crippen LogP contribution in [0.2, 0.25) is 0 Å². The number of nitrogens with one attached hydrogen (secondary N) is 2. The zero-order valence-electron chi connectivity index (χ0n) is 20.0. The lowest BCUT2D eigenvalue weighted by atomic mass is 9.96. The Morgan fingerprint density at radius 1 is 1.09 bits per heavy atom. The summed E-state index contributed by atoms with van der Waals surface area (Å²) in [6.07, 6.45) is 4.98. The van der Waals surface area contributed by atoms with Gasteiger partial charge in [0.05, 0.1) is 36.3 Å². The van der Waals surface area contributed by atoms with Crippen molar-refractivity contribution >= 4 is 28.2 Å². The number of benzene rings is 1. The largest absolute Gasteiger partial charge is 0.467 e. The summed E-state index contributed by atoms with van der Waals surface area (Å²) in [5.74, 6) is 0.425. The minimum atomic E-state index is -0.290. The molecule has 3 aromatic rings. The van der Waals surface area contributed by atoms with Crippen LogP contribution in [0.25, 0.3) is 10.9 Å². The molecule has 2 atom stereocenters. The monoisotopic (exact) mass is 449 g/mol. The summed E-state index contributed by atoms with van der Waals surface area (Å²) < 4.78 is 5.24. The number of fused-ring (bicyclic) bond motifs is 1. The number of methoxy groups -OCH3 is 1. The fourth-order valence-corrected chi connectivity index (χ4v) is 4.15. The van der Waals surface area contributed by atoms with E-state index in [2.05, 4.69) is 49.3 Å². The lowest BCUT2D eigenvalue weighted by Crippen LogP contribution is -2.54. The van der Waals surface area contributed by atoms with Crippen molar-refractivity contribution in [2.45, 2.75) is 52.1 Å². The summed E-state index contributed by atoms with van der Waals surface area (Å²) >= 11 is 0. The van der Waals surface area contributed by atoms with Gasteiger partial charge in [0.15, 0.2) is 0 Å². The Morgan fingerprint density at radius 3 is 2.36 bits per heavy atom. The third-order valence-corrected chi connectivity index (χ3v) is 5.61. The van der Waals surface area contributed by atoms with Crippen LogP contribution in [0.4, 0.5) is 11.4 Å². The number of rotatable bonds is 4. The first-order chi connectivity index (χ1) is 15.7. The zero-order valence-corrected chi connectivity index (χ0v) is 20.0. The number of aromatic nitrogens is 4. The molecule has 3 heterocycles. The van der Waals surface area contributed by atoms with Crippen molar-refractivity contribution in [3.05, 3.63) is 42.1 Å². The van der Waals surface area contributed by atoms with Gasteiger partial charge in [0.2, 0.25) is 0 Å². The minimum absolute atomic E-state index is 0.166. The molecule has 9 nitrogen and oxygen atoms in total. The molecule has 4 rings (SSSR count). The molecule has 0 aliphatic carbocycles. The van der Waals surface area contributed by atoms with E-state index < -0.39 is 0 Å². The molecule has 2 aromatic heterocycles. The molecule has 1 aliphatic rings. The number of hydrogen-bond donors (Lipinski definition) is 2. The normalized spacial score (nSPS) is 18.9. The van der Waals surface area contributed by atoms with E-state index in [1.807, 2.05) is 26.8 Å². The molecule has 1 fully saturated rings. The summed E-state index contributed by atoms with van der Waals surface area (Å²) in [7, 11) is 1.51. The maximum Gasteiger partial charge on any atom is 0.316 e. The summed E-state index contributed by atoms with van der Waals surface area (Å²) in [6, 6.07) is 4.69. The van der Waals surface area contributed by atoms with Crippen LogP contribution in [0, 0.1) is 0 Å². The Kier molecular flexibility index (Phi) is 6.16. The standard InChI is InChI=1S/C24H31N7O2/c1-14-12-31(13-15(2)28-14)19-8-7-17(20-18(19)11-27-23(30-20)33-6)21(32)29-16-9-25-22(26-10-16)24(3,4)5/h7-11,14-15,28H,12-13H2,1-6H3,(H,29,32)/t14-,15+. The Labute approximate surface area is 194 Å². The molecule has 9 heteroatoms. The van der Waals surface area contributed by atoms with Crippen LogP contribution < -0.4 is 20.3 Å². The number of piperazine rings is 1. The third kappa shape index (κ3) is 4.88. The van der Waals surface area contributed by atoms with Crippen LogP contribution in [0.1, 0.15) is 50.8 Å². The van der Waals surface area contributed by atoms with Gasteiger partial charge in [-0.05, 0) is 26.0 Å². The predicted molar refractivity (Wildman–Crippen MR) is 129 cm³/mol. The molecule has 174 valence electrons. The maximum atomic E-state index is 13.2. The van der Waals surface area contributed by atoms with Crippen molar-refractivity contribution in [2.24, 2.45) is 0 Å². The number of nitrogens with zero attached hydrogens (tertiary/aromatic N) is 5. The average molecular weight is 450 g/mol. The Hall–Kier alpha value is -3.33. The molecule has 2 N–H and O–H groups in total. The van der Waals surface area contributed by atoms with Gasteiger partial charge in [-0.1, -0.05) is 20.8 Å². The summed E-state index contributed by atoms with van der Waals surface area (Å²) in [6.45, 7) is 12.2. The van der Waals surface area contributed by atoms with E-state index in [4.69, 9.17) is 4.74 Å². The maximum absolute atomic E-state index is 13.2. The average Bonchev–Trinajstić information content (AvgIpc) is 2.77. The highest BCUT2D eigenvalue weighted by atomic mass is 16.5. The number of hydrogen-bond acceptors (Lipinski definition) is 8. The van der Waals surface area contributed by atoms with Gasteiger partial charge >= 0.3 is 6.01 Å². The van der Waals surface area contributed by atoms with Crippen molar-refractivity contribution in [3.8, 4) is 6.01 Å². The second kappa shape index (κ2) is 8.90. The van der Waals surface area contributed by atoms with E-state index in [-0.39, 0.29) is 17.3 Å². The Morgan fingerprint density at radius 2 is 1.76 bits per heavy atom. The Balaban J connectivity index is 1.69. The highest BCUT2D eigenvalue weighted by Gasteiger charge is 2.25. The number of amides is 1.